The molecule has 1 saturated heterocycles. The SMILES string of the molecule is O=C(O)OCOCCN1CCOCC1. The molecule has 1 N–H and O–H groups in total. The summed E-state index contributed by atoms with van der Waals surface area (Å²) in [6, 6.07) is 0. The van der Waals surface area contributed by atoms with E-state index in [1.807, 2.05) is 0 Å². The fraction of sp³-hybridized carbons (Fsp3) is 0.875. The minimum Gasteiger partial charge on any atom is -0.450 e. The highest BCUT2D eigenvalue weighted by Crippen LogP contribution is 1.95. The zero-order chi connectivity index (χ0) is 10.2. The van der Waals surface area contributed by atoms with Crippen LogP contribution in [0.25, 0.3) is 0 Å². The Morgan fingerprint density at radius 1 is 1.43 bits per heavy atom. The summed E-state index contributed by atoms with van der Waals surface area (Å²) in [6.07, 6.45) is -1.31. The van der Waals surface area contributed by atoms with Gasteiger partial charge in [0, 0.05) is 19.6 Å². The van der Waals surface area contributed by atoms with E-state index >= 15 is 0 Å². The van der Waals surface area contributed by atoms with Crippen molar-refractivity contribution in [2.45, 2.75) is 0 Å². The summed E-state index contributed by atoms with van der Waals surface area (Å²) in [5.41, 5.74) is 0. The van der Waals surface area contributed by atoms with E-state index < -0.39 is 6.16 Å². The van der Waals surface area contributed by atoms with E-state index in [1.54, 1.807) is 0 Å². The van der Waals surface area contributed by atoms with E-state index in [1.165, 1.54) is 0 Å². The number of hydrogen-bond donors (Lipinski definition) is 1. The minimum absolute atomic E-state index is 0.195. The zero-order valence-corrected chi connectivity index (χ0v) is 7.98. The third-order valence-electron chi connectivity index (χ3n) is 1.92. The average molecular weight is 205 g/mol. The van der Waals surface area contributed by atoms with Crippen LogP contribution in [0.15, 0.2) is 0 Å². The first-order valence-electron chi connectivity index (χ1n) is 4.52. The summed E-state index contributed by atoms with van der Waals surface area (Å²) in [4.78, 5) is 12.1. The topological polar surface area (TPSA) is 68.2 Å². The number of carboxylic acid groups (broad SMARTS) is 1. The van der Waals surface area contributed by atoms with Crippen molar-refractivity contribution >= 4 is 6.16 Å². The molecule has 1 fully saturated rings. The number of nitrogens with zero attached hydrogens (tertiary/aromatic N) is 1. The van der Waals surface area contributed by atoms with E-state index in [0.717, 1.165) is 32.8 Å². The van der Waals surface area contributed by atoms with E-state index in [9.17, 15) is 4.79 Å². The van der Waals surface area contributed by atoms with Gasteiger partial charge in [-0.3, -0.25) is 4.90 Å². The second-order valence-corrected chi connectivity index (χ2v) is 2.89. The van der Waals surface area contributed by atoms with Gasteiger partial charge in [0.25, 0.3) is 0 Å². The number of carbonyl (C=O) groups is 1. The number of ether oxygens (including phenoxy) is 3. The van der Waals surface area contributed by atoms with Crippen molar-refractivity contribution in [3.8, 4) is 0 Å². The van der Waals surface area contributed by atoms with Crippen LogP contribution in [-0.2, 0) is 14.2 Å². The summed E-state index contributed by atoms with van der Waals surface area (Å²) >= 11 is 0. The molecule has 0 unspecified atom stereocenters. The van der Waals surface area contributed by atoms with Crippen LogP contribution in [0.3, 0.4) is 0 Å². The Morgan fingerprint density at radius 2 is 2.14 bits per heavy atom. The molecule has 0 aromatic heterocycles. The van der Waals surface area contributed by atoms with Crippen LogP contribution < -0.4 is 0 Å². The van der Waals surface area contributed by atoms with Gasteiger partial charge in [0.2, 0.25) is 0 Å². The Labute approximate surface area is 82.3 Å². The van der Waals surface area contributed by atoms with Crippen LogP contribution >= 0.6 is 0 Å². The van der Waals surface area contributed by atoms with Crippen LogP contribution in [0.2, 0.25) is 0 Å². The third kappa shape index (κ3) is 5.00. The summed E-state index contributed by atoms with van der Waals surface area (Å²) in [6.45, 7) is 4.39. The van der Waals surface area contributed by atoms with E-state index in [4.69, 9.17) is 14.6 Å². The molecule has 14 heavy (non-hydrogen) atoms. The van der Waals surface area contributed by atoms with Crippen LogP contribution in [0.1, 0.15) is 0 Å². The molecule has 1 rings (SSSR count). The molecule has 0 aromatic rings. The van der Waals surface area contributed by atoms with Gasteiger partial charge in [0.1, 0.15) is 0 Å². The molecule has 6 nitrogen and oxygen atoms in total. The van der Waals surface area contributed by atoms with Crippen molar-refractivity contribution in [3.05, 3.63) is 0 Å². The highest BCUT2D eigenvalue weighted by molar-refractivity contribution is 5.56. The predicted molar refractivity (Wildman–Crippen MR) is 47.2 cm³/mol. The largest absolute Gasteiger partial charge is 0.507 e. The molecule has 1 heterocycles. The van der Waals surface area contributed by atoms with Gasteiger partial charge >= 0.3 is 6.16 Å². The summed E-state index contributed by atoms with van der Waals surface area (Å²) < 4.78 is 14.3. The number of morpholine rings is 1. The second-order valence-electron chi connectivity index (χ2n) is 2.89. The first-order chi connectivity index (χ1) is 6.79. The molecule has 0 saturated carbocycles. The molecule has 0 radical (unpaired) electrons. The molecule has 6 heteroatoms. The van der Waals surface area contributed by atoms with E-state index in [2.05, 4.69) is 9.64 Å². The van der Waals surface area contributed by atoms with Crippen molar-refractivity contribution in [1.82, 2.24) is 4.90 Å². The molecular weight excluding hydrogens is 190 g/mol. The average Bonchev–Trinajstić information content (AvgIpc) is 2.18. The number of rotatable bonds is 5. The lowest BCUT2D eigenvalue weighted by Gasteiger charge is -2.26. The monoisotopic (exact) mass is 205 g/mol. The Morgan fingerprint density at radius 3 is 2.79 bits per heavy atom. The van der Waals surface area contributed by atoms with Gasteiger partial charge < -0.3 is 19.3 Å². The van der Waals surface area contributed by atoms with Crippen molar-refractivity contribution < 1.29 is 24.1 Å². The highest BCUT2D eigenvalue weighted by Gasteiger charge is 2.09. The molecule has 0 aromatic carbocycles. The third-order valence-corrected chi connectivity index (χ3v) is 1.92. The molecular formula is C8H15NO5. The molecule has 0 aliphatic carbocycles. The lowest BCUT2D eigenvalue weighted by atomic mass is 10.4. The van der Waals surface area contributed by atoms with Gasteiger partial charge in [-0.2, -0.15) is 0 Å². The molecule has 1 aliphatic heterocycles. The van der Waals surface area contributed by atoms with Crippen LogP contribution in [0, 0.1) is 0 Å². The maximum atomic E-state index is 9.93. The first kappa shape index (κ1) is 11.2. The fourth-order valence-electron chi connectivity index (χ4n) is 1.17. The van der Waals surface area contributed by atoms with Gasteiger partial charge in [0.05, 0.1) is 19.8 Å². The predicted octanol–water partition coefficient (Wildman–Crippen LogP) is -0.0127. The summed E-state index contributed by atoms with van der Waals surface area (Å²) in [5.74, 6) is 0. The number of hydrogen-bond acceptors (Lipinski definition) is 5. The summed E-state index contributed by atoms with van der Waals surface area (Å²) in [5, 5.41) is 8.13. The Hall–Kier alpha value is -0.850. The van der Waals surface area contributed by atoms with Crippen molar-refractivity contribution in [1.29, 1.82) is 0 Å². The Kier molecular flexibility index (Phi) is 5.28. The first-order valence-corrected chi connectivity index (χ1v) is 4.52. The van der Waals surface area contributed by atoms with Crippen LogP contribution in [0.5, 0.6) is 0 Å². The molecule has 1 aliphatic rings. The molecule has 0 atom stereocenters. The van der Waals surface area contributed by atoms with Gasteiger partial charge in [-0.15, -0.1) is 0 Å². The lowest BCUT2D eigenvalue weighted by Crippen LogP contribution is -2.38. The van der Waals surface area contributed by atoms with Gasteiger partial charge in [-0.25, -0.2) is 4.79 Å². The summed E-state index contributed by atoms with van der Waals surface area (Å²) in [7, 11) is 0. The zero-order valence-electron chi connectivity index (χ0n) is 7.98. The molecule has 82 valence electrons. The van der Waals surface area contributed by atoms with Crippen molar-refractivity contribution in [2.75, 3.05) is 46.2 Å². The fourth-order valence-corrected chi connectivity index (χ4v) is 1.17. The second kappa shape index (κ2) is 6.58. The molecule has 0 amide bonds. The quantitative estimate of drug-likeness (QED) is 0.386. The van der Waals surface area contributed by atoms with Crippen molar-refractivity contribution in [2.24, 2.45) is 0 Å². The smallest absolute Gasteiger partial charge is 0.450 e. The molecule has 0 bridgehead atoms. The maximum absolute atomic E-state index is 9.93. The highest BCUT2D eigenvalue weighted by atomic mass is 16.7. The van der Waals surface area contributed by atoms with Crippen LogP contribution in [-0.4, -0.2) is 62.4 Å². The molecule has 0 spiro atoms. The van der Waals surface area contributed by atoms with E-state index in [0.29, 0.717) is 6.61 Å². The van der Waals surface area contributed by atoms with Crippen molar-refractivity contribution in [3.63, 3.8) is 0 Å². The maximum Gasteiger partial charge on any atom is 0.507 e. The van der Waals surface area contributed by atoms with Gasteiger partial charge in [-0.1, -0.05) is 0 Å². The normalized spacial score (nSPS) is 18.0. The standard InChI is InChI=1S/C8H15NO5/c10-8(11)14-7-13-6-3-9-1-4-12-5-2-9/h1-7H2,(H,10,11). The van der Waals surface area contributed by atoms with Crippen LogP contribution in [0.4, 0.5) is 4.79 Å². The Balaban J connectivity index is 1.90. The lowest BCUT2D eigenvalue weighted by molar-refractivity contribution is -0.0454. The van der Waals surface area contributed by atoms with Gasteiger partial charge in [0.15, 0.2) is 6.79 Å². The Bertz CT molecular complexity index is 169. The van der Waals surface area contributed by atoms with E-state index in [-0.39, 0.29) is 6.79 Å². The van der Waals surface area contributed by atoms with Gasteiger partial charge in [-0.05, 0) is 0 Å². The minimum atomic E-state index is -1.31.